The van der Waals surface area contributed by atoms with Crippen molar-refractivity contribution in [1.29, 1.82) is 0 Å². The third-order valence-corrected chi connectivity index (χ3v) is 8.89. The topological polar surface area (TPSA) is 17.9 Å². The maximum Gasteiger partial charge on any atom is 0.149 e. The van der Waals surface area contributed by atoms with Gasteiger partial charge in [0, 0.05) is 59.7 Å². The number of nitrogens with zero attached hydrogens (tertiary/aromatic N) is 5. The first-order valence-electron chi connectivity index (χ1n) is 11.9. The van der Waals surface area contributed by atoms with E-state index in [0.29, 0.717) is 0 Å². The molecule has 2 aliphatic rings. The van der Waals surface area contributed by atoms with Crippen LogP contribution in [0, 0.1) is 0 Å². The zero-order chi connectivity index (χ0) is 23.4. The zero-order valence-electron chi connectivity index (χ0n) is 20.3. The molecule has 172 valence electrons. The Balaban J connectivity index is 1.47. The van der Waals surface area contributed by atoms with E-state index >= 15 is 0 Å². The molecule has 0 saturated carbocycles. The van der Waals surface area contributed by atoms with Gasteiger partial charge in [-0.2, -0.15) is 0 Å². The number of rotatable bonds is 4. The van der Waals surface area contributed by atoms with Gasteiger partial charge in [0.05, 0.1) is 24.4 Å². The highest BCUT2D eigenvalue weighted by molar-refractivity contribution is 6.73. The van der Waals surface area contributed by atoms with Gasteiger partial charge in [0.1, 0.15) is 8.24 Å². The van der Waals surface area contributed by atoms with E-state index in [-0.39, 0.29) is 0 Å². The first-order chi connectivity index (χ1) is 16.4. The third-order valence-electron chi connectivity index (χ3n) is 6.88. The van der Waals surface area contributed by atoms with Crippen LogP contribution in [-0.2, 0) is 0 Å². The quantitative estimate of drug-likeness (QED) is 0.327. The van der Waals surface area contributed by atoms with E-state index in [1.54, 1.807) is 0 Å². The lowest BCUT2D eigenvalue weighted by atomic mass is 10.1. The lowest BCUT2D eigenvalue weighted by Gasteiger charge is -2.31. The van der Waals surface area contributed by atoms with E-state index in [0.717, 1.165) is 13.3 Å². The van der Waals surface area contributed by atoms with Crippen molar-refractivity contribution in [2.24, 2.45) is 0 Å². The van der Waals surface area contributed by atoms with Gasteiger partial charge in [-0.15, -0.1) is 0 Å². The first-order valence-corrected chi connectivity index (χ1v) is 15.3. The zero-order valence-corrected chi connectivity index (χ0v) is 21.3. The lowest BCUT2D eigenvalue weighted by molar-refractivity contribution is 0.496. The summed E-state index contributed by atoms with van der Waals surface area (Å²) in [6, 6.07) is 24.5. The molecule has 0 N–H and O–H groups in total. The molecular formula is C28H31N5Si. The minimum Gasteiger partial charge on any atom is -0.386 e. The van der Waals surface area contributed by atoms with Gasteiger partial charge in [-0.25, -0.2) is 0 Å². The number of para-hydroxylation sites is 1. The van der Waals surface area contributed by atoms with Gasteiger partial charge < -0.3 is 23.8 Å². The molecule has 1 aromatic heterocycles. The minimum atomic E-state index is -1.38. The number of fused-ring (bicyclic) bond motifs is 3. The predicted molar refractivity (Wildman–Crippen MR) is 147 cm³/mol. The molecule has 3 aromatic carbocycles. The summed E-state index contributed by atoms with van der Waals surface area (Å²) < 4.78 is 4.92. The number of hydrogen-bond acceptors (Lipinski definition) is 4. The molecule has 6 heteroatoms. The van der Waals surface area contributed by atoms with Crippen LogP contribution < -0.4 is 9.80 Å². The maximum absolute atomic E-state index is 2.51. The highest BCUT2D eigenvalue weighted by atomic mass is 28.3. The molecule has 5 nitrogen and oxygen atoms in total. The summed E-state index contributed by atoms with van der Waals surface area (Å²) in [5.74, 6) is 0. The lowest BCUT2D eigenvalue weighted by Crippen LogP contribution is -2.43. The Bertz CT molecular complexity index is 1440. The fraction of sp³-hybridized carbons (Fsp3) is 0.214. The van der Waals surface area contributed by atoms with Crippen molar-refractivity contribution in [3.05, 3.63) is 91.5 Å². The van der Waals surface area contributed by atoms with Crippen molar-refractivity contribution in [3.63, 3.8) is 0 Å². The molecule has 0 unspecified atom stereocenters. The van der Waals surface area contributed by atoms with Crippen molar-refractivity contribution >= 4 is 41.4 Å². The second-order valence-corrected chi connectivity index (χ2v) is 15.2. The average molecular weight is 466 g/mol. The molecule has 0 saturated heterocycles. The largest absolute Gasteiger partial charge is 0.386 e. The summed E-state index contributed by atoms with van der Waals surface area (Å²) in [6.07, 6.45) is 8.75. The van der Waals surface area contributed by atoms with Gasteiger partial charge in [-0.05, 0) is 36.4 Å². The summed E-state index contributed by atoms with van der Waals surface area (Å²) in [6.45, 7) is 8.96. The maximum atomic E-state index is 2.51. The van der Waals surface area contributed by atoms with E-state index in [1.165, 1.54) is 38.9 Å². The second-order valence-electron chi connectivity index (χ2n) is 10.3. The predicted octanol–water partition coefficient (Wildman–Crippen LogP) is 6.35. The molecule has 2 aliphatic heterocycles. The van der Waals surface area contributed by atoms with Crippen molar-refractivity contribution in [2.75, 3.05) is 30.2 Å². The van der Waals surface area contributed by atoms with Crippen LogP contribution in [0.1, 0.15) is 0 Å². The highest BCUT2D eigenvalue weighted by Gasteiger charge is 2.26. The van der Waals surface area contributed by atoms with Gasteiger partial charge in [0.15, 0.2) is 0 Å². The first kappa shape index (κ1) is 20.9. The number of benzene rings is 3. The second kappa shape index (κ2) is 7.70. The van der Waals surface area contributed by atoms with Gasteiger partial charge in [-0.3, -0.25) is 0 Å². The molecule has 0 radical (unpaired) electrons. The highest BCUT2D eigenvalue weighted by Crippen LogP contribution is 2.36. The van der Waals surface area contributed by atoms with Crippen molar-refractivity contribution in [1.82, 2.24) is 14.0 Å². The summed E-state index contributed by atoms with van der Waals surface area (Å²) in [5, 5.41) is 2.57. The molecular weight excluding hydrogens is 434 g/mol. The van der Waals surface area contributed by atoms with E-state index in [1.807, 2.05) is 0 Å². The number of anilines is 2. The Morgan fingerprint density at radius 2 is 1.32 bits per heavy atom. The van der Waals surface area contributed by atoms with Gasteiger partial charge in [0.25, 0.3) is 0 Å². The van der Waals surface area contributed by atoms with Crippen LogP contribution in [0.2, 0.25) is 19.6 Å². The summed E-state index contributed by atoms with van der Waals surface area (Å²) in [5.41, 5.74) is 6.10. The normalized spacial score (nSPS) is 16.1. The van der Waals surface area contributed by atoms with E-state index in [4.69, 9.17) is 0 Å². The average Bonchev–Trinajstić information content (AvgIpc) is 3.56. The van der Waals surface area contributed by atoms with Gasteiger partial charge >= 0.3 is 0 Å². The molecule has 0 atom stereocenters. The molecule has 4 aromatic rings. The molecule has 0 aliphatic carbocycles. The van der Waals surface area contributed by atoms with Crippen LogP contribution in [0.25, 0.3) is 27.5 Å². The smallest absolute Gasteiger partial charge is 0.149 e. The Kier molecular flexibility index (Phi) is 4.74. The van der Waals surface area contributed by atoms with Crippen molar-refractivity contribution < 1.29 is 0 Å². The molecule has 0 bridgehead atoms. The minimum absolute atomic E-state index is 0.871. The Morgan fingerprint density at radius 1 is 0.618 bits per heavy atom. The molecule has 0 fully saturated rings. The molecule has 34 heavy (non-hydrogen) atoms. The fourth-order valence-electron chi connectivity index (χ4n) is 4.95. The molecule has 0 spiro atoms. The van der Waals surface area contributed by atoms with Crippen molar-refractivity contribution in [3.8, 4) is 5.69 Å². The fourth-order valence-corrected chi connectivity index (χ4v) is 6.04. The summed E-state index contributed by atoms with van der Waals surface area (Å²) in [4.78, 5) is 6.83. The van der Waals surface area contributed by atoms with Crippen LogP contribution >= 0.6 is 0 Å². The molecule has 0 amide bonds. The monoisotopic (exact) mass is 465 g/mol. The van der Waals surface area contributed by atoms with E-state index < -0.39 is 8.24 Å². The van der Waals surface area contributed by atoms with Crippen LogP contribution in [0.3, 0.4) is 0 Å². The van der Waals surface area contributed by atoms with Crippen LogP contribution in [0.4, 0.5) is 11.4 Å². The SMILES string of the molecule is CN1C=CN(c2ccc3c4ccccc4n(-c4cccc(N5C=CN([Si](C)(C)C)C5)c4)c3c2)C1. The van der Waals surface area contributed by atoms with Gasteiger partial charge in [-0.1, -0.05) is 50.0 Å². The summed E-state index contributed by atoms with van der Waals surface area (Å²) >= 11 is 0. The Morgan fingerprint density at radius 3 is 2.09 bits per heavy atom. The van der Waals surface area contributed by atoms with Crippen LogP contribution in [0.15, 0.2) is 91.5 Å². The van der Waals surface area contributed by atoms with Crippen LogP contribution in [-0.4, -0.2) is 42.7 Å². The van der Waals surface area contributed by atoms with E-state index in [9.17, 15) is 0 Å². The third kappa shape index (κ3) is 3.46. The van der Waals surface area contributed by atoms with Crippen LogP contribution in [0.5, 0.6) is 0 Å². The molecule has 6 rings (SSSR count). The number of hydrogen-bond donors (Lipinski definition) is 0. The Hall–Kier alpha value is -3.64. The van der Waals surface area contributed by atoms with Gasteiger partial charge in [0.2, 0.25) is 0 Å². The standard InChI is InChI=1S/C28H31N5Si/c1-29-14-15-30(20-29)23-12-13-26-25-10-5-6-11-27(25)33(28(26)19-23)24-9-7-8-22(18-24)31-16-17-32(21-31)34(2,3)4/h5-19H,20-21H2,1-4H3. The summed E-state index contributed by atoms with van der Waals surface area (Å²) in [7, 11) is 0.728. The molecule has 3 heterocycles. The number of aromatic nitrogens is 1. The van der Waals surface area contributed by atoms with E-state index in [2.05, 4.69) is 142 Å². The van der Waals surface area contributed by atoms with Crippen molar-refractivity contribution in [2.45, 2.75) is 19.6 Å². The Labute approximate surface area is 202 Å².